The summed E-state index contributed by atoms with van der Waals surface area (Å²) in [6.45, 7) is 5.64. The van der Waals surface area contributed by atoms with E-state index in [-0.39, 0.29) is 17.5 Å². The molecule has 160 valence electrons. The zero-order chi connectivity index (χ0) is 22.1. The highest BCUT2D eigenvalue weighted by Gasteiger charge is 2.20. The molecule has 0 N–H and O–H groups in total. The third kappa shape index (κ3) is 4.32. The van der Waals surface area contributed by atoms with Gasteiger partial charge in [0.15, 0.2) is 0 Å². The van der Waals surface area contributed by atoms with Crippen LogP contribution in [-0.2, 0) is 6.42 Å². The molecule has 9 heteroatoms. The molecule has 0 unspecified atom stereocenters. The molecule has 6 nitrogen and oxygen atoms in total. The van der Waals surface area contributed by atoms with Crippen molar-refractivity contribution in [2.45, 2.75) is 39.7 Å². The Morgan fingerprint density at radius 1 is 1.16 bits per heavy atom. The molecule has 0 fully saturated rings. The van der Waals surface area contributed by atoms with Gasteiger partial charge in [0.1, 0.15) is 5.69 Å². The predicted octanol–water partition coefficient (Wildman–Crippen LogP) is 4.64. The third-order valence-corrected chi connectivity index (χ3v) is 6.05. The Bertz CT molecular complexity index is 1260. The van der Waals surface area contributed by atoms with E-state index in [1.54, 1.807) is 25.5 Å². The Morgan fingerprint density at radius 2 is 1.97 bits per heavy atom. The summed E-state index contributed by atoms with van der Waals surface area (Å²) >= 11 is 1.22. The third-order valence-electron chi connectivity index (χ3n) is 5.13. The average molecular weight is 442 g/mol. The van der Waals surface area contributed by atoms with E-state index < -0.39 is 18.2 Å². The number of aryl methyl sites for hydroxylation is 2. The van der Waals surface area contributed by atoms with Crippen molar-refractivity contribution in [3.05, 3.63) is 92.4 Å². The van der Waals surface area contributed by atoms with Crippen LogP contribution in [0.5, 0.6) is 0 Å². The van der Waals surface area contributed by atoms with E-state index in [2.05, 4.69) is 14.5 Å². The Hall–Kier alpha value is -3.20. The molecule has 0 aliphatic carbocycles. The summed E-state index contributed by atoms with van der Waals surface area (Å²) in [5.74, 6) is 0. The Balaban J connectivity index is 1.71. The van der Waals surface area contributed by atoms with Crippen molar-refractivity contribution in [2.75, 3.05) is 0 Å². The molecule has 0 spiro atoms. The second-order valence-electron chi connectivity index (χ2n) is 7.46. The zero-order valence-corrected chi connectivity index (χ0v) is 18.1. The molecule has 3 heterocycles. The first-order valence-electron chi connectivity index (χ1n) is 9.75. The maximum Gasteiger partial charge on any atom is 0.282 e. The maximum atomic E-state index is 13.5. The van der Waals surface area contributed by atoms with Crippen molar-refractivity contribution in [2.24, 2.45) is 0 Å². The Labute approximate surface area is 182 Å². The van der Waals surface area contributed by atoms with Gasteiger partial charge in [-0.2, -0.15) is 5.10 Å². The normalized spacial score (nSPS) is 12.5. The highest BCUT2D eigenvalue weighted by molar-refractivity contribution is 7.05. The molecule has 0 radical (unpaired) electrons. The van der Waals surface area contributed by atoms with Crippen molar-refractivity contribution >= 4 is 11.5 Å². The minimum Gasteiger partial charge on any atom is -0.306 e. The molecule has 1 aromatic carbocycles. The fraction of sp³-hybridized carbons (Fsp3) is 0.273. The molecule has 0 bridgehead atoms. The smallest absolute Gasteiger partial charge is 0.282 e. The topological polar surface area (TPSA) is 65.6 Å². The molecule has 0 amide bonds. The van der Waals surface area contributed by atoms with E-state index in [1.165, 1.54) is 17.6 Å². The molecule has 31 heavy (non-hydrogen) atoms. The minimum atomic E-state index is -2.77. The number of nitrogens with zero attached hydrogens (tertiary/aromatic N) is 5. The molecule has 4 rings (SSSR count). The lowest BCUT2D eigenvalue weighted by atomic mass is 10.0. The van der Waals surface area contributed by atoms with Crippen molar-refractivity contribution in [3.8, 4) is 5.69 Å². The monoisotopic (exact) mass is 441 g/mol. The van der Waals surface area contributed by atoms with Gasteiger partial charge in [-0.1, -0.05) is 12.1 Å². The Kier molecular flexibility index (Phi) is 5.77. The van der Waals surface area contributed by atoms with Gasteiger partial charge in [0.05, 0.1) is 18.1 Å². The van der Waals surface area contributed by atoms with Crippen LogP contribution >= 0.6 is 11.5 Å². The van der Waals surface area contributed by atoms with Gasteiger partial charge in [0.2, 0.25) is 0 Å². The summed E-state index contributed by atoms with van der Waals surface area (Å²) in [5, 5.41) is 3.93. The summed E-state index contributed by atoms with van der Waals surface area (Å²) in [6.07, 6.45) is 2.76. The van der Waals surface area contributed by atoms with Gasteiger partial charge in [-0.3, -0.25) is 4.79 Å². The number of benzene rings is 1. The van der Waals surface area contributed by atoms with Gasteiger partial charge in [-0.15, -0.1) is 0 Å². The van der Waals surface area contributed by atoms with Crippen molar-refractivity contribution < 1.29 is 8.78 Å². The molecule has 4 aromatic rings. The number of aromatic nitrogens is 5. The second kappa shape index (κ2) is 8.50. The van der Waals surface area contributed by atoms with Gasteiger partial charge in [0.25, 0.3) is 12.0 Å². The summed E-state index contributed by atoms with van der Waals surface area (Å²) in [6, 6.07) is 8.30. The van der Waals surface area contributed by atoms with Crippen LogP contribution in [0.4, 0.5) is 8.78 Å². The lowest BCUT2D eigenvalue weighted by molar-refractivity contribution is 0.142. The number of imidazole rings is 1. The molecule has 0 aliphatic heterocycles. The summed E-state index contributed by atoms with van der Waals surface area (Å²) in [5.41, 5.74) is 3.24. The number of alkyl halides is 2. The van der Waals surface area contributed by atoms with E-state index in [9.17, 15) is 13.6 Å². The van der Waals surface area contributed by atoms with Crippen LogP contribution in [0.25, 0.3) is 5.69 Å². The quantitative estimate of drug-likeness (QED) is 0.437. The van der Waals surface area contributed by atoms with Crippen molar-refractivity contribution in [3.63, 3.8) is 0 Å². The minimum absolute atomic E-state index is 0.237. The first kappa shape index (κ1) is 21.0. The Morgan fingerprint density at radius 3 is 2.58 bits per heavy atom. The van der Waals surface area contributed by atoms with E-state index in [4.69, 9.17) is 0 Å². The predicted molar refractivity (Wildman–Crippen MR) is 115 cm³/mol. The molecule has 0 saturated heterocycles. The summed E-state index contributed by atoms with van der Waals surface area (Å²) in [4.78, 5) is 18.1. The number of rotatable bonds is 6. The van der Waals surface area contributed by atoms with Gasteiger partial charge in [0, 0.05) is 34.9 Å². The lowest BCUT2D eigenvalue weighted by Gasteiger charge is -2.16. The molecular formula is C22H21F2N5OS. The van der Waals surface area contributed by atoms with E-state index in [0.29, 0.717) is 0 Å². The van der Waals surface area contributed by atoms with Crippen molar-refractivity contribution in [1.82, 2.24) is 23.7 Å². The fourth-order valence-corrected chi connectivity index (χ4v) is 4.15. The number of halogens is 2. The zero-order valence-electron chi connectivity index (χ0n) is 17.3. The van der Waals surface area contributed by atoms with Gasteiger partial charge in [-0.05, 0) is 61.6 Å². The molecule has 1 atom stereocenters. The van der Waals surface area contributed by atoms with Crippen LogP contribution in [-0.4, -0.2) is 23.7 Å². The largest absolute Gasteiger partial charge is 0.306 e. The fourth-order valence-electron chi connectivity index (χ4n) is 3.53. The van der Waals surface area contributed by atoms with Crippen LogP contribution in [0.15, 0.2) is 53.8 Å². The molecule has 3 aromatic heterocycles. The van der Waals surface area contributed by atoms with Crippen LogP contribution in [0.3, 0.4) is 0 Å². The van der Waals surface area contributed by atoms with Crippen LogP contribution in [0.1, 0.15) is 52.3 Å². The SMILES string of the molecule is Cc1cn(-c2ccc(Cc3cc(C(F)F)nn([C@@H](C)c4ccns4)c3=O)cc2C)cn1. The van der Waals surface area contributed by atoms with E-state index >= 15 is 0 Å². The average Bonchev–Trinajstić information content (AvgIpc) is 3.41. The number of hydrogen-bond acceptors (Lipinski definition) is 5. The van der Waals surface area contributed by atoms with Gasteiger partial charge in [-0.25, -0.2) is 22.8 Å². The maximum absolute atomic E-state index is 13.5. The van der Waals surface area contributed by atoms with Gasteiger partial charge >= 0.3 is 0 Å². The van der Waals surface area contributed by atoms with Crippen LogP contribution in [0, 0.1) is 13.8 Å². The van der Waals surface area contributed by atoms with Crippen LogP contribution < -0.4 is 5.56 Å². The molecule has 0 aliphatic rings. The second-order valence-corrected chi connectivity index (χ2v) is 8.32. The first-order valence-corrected chi connectivity index (χ1v) is 10.5. The van der Waals surface area contributed by atoms with Gasteiger partial charge < -0.3 is 4.57 Å². The first-order chi connectivity index (χ1) is 14.8. The lowest BCUT2D eigenvalue weighted by Crippen LogP contribution is -2.30. The van der Waals surface area contributed by atoms with E-state index in [0.717, 1.165) is 32.1 Å². The molecular weight excluding hydrogens is 420 g/mol. The van der Waals surface area contributed by atoms with E-state index in [1.807, 2.05) is 42.8 Å². The van der Waals surface area contributed by atoms with Crippen LogP contribution in [0.2, 0.25) is 0 Å². The number of hydrogen-bond donors (Lipinski definition) is 0. The standard InChI is InChI=1S/C22H21F2N5OS/c1-13-8-16(4-5-19(13)28-11-14(2)25-12-28)9-17-10-18(21(23)24)27-29(22(17)30)15(3)20-6-7-26-31-20/h4-8,10-12,15,21H,9H2,1-3H3/t15-/m0/s1. The van der Waals surface area contributed by atoms with Crippen molar-refractivity contribution in [1.29, 1.82) is 0 Å². The highest BCUT2D eigenvalue weighted by atomic mass is 32.1. The summed E-state index contributed by atoms with van der Waals surface area (Å²) in [7, 11) is 0. The highest BCUT2D eigenvalue weighted by Crippen LogP contribution is 2.23. The summed E-state index contributed by atoms with van der Waals surface area (Å²) < 4.78 is 34.1. The molecule has 0 saturated carbocycles.